The molecule has 0 aliphatic carbocycles. The van der Waals surface area contributed by atoms with E-state index in [0.29, 0.717) is 5.92 Å². The molecule has 2 aliphatic rings. The maximum atomic E-state index is 12.2. The first kappa shape index (κ1) is 15.1. The van der Waals surface area contributed by atoms with Gasteiger partial charge in [-0.1, -0.05) is 6.92 Å². The number of hydrogen-bond acceptors (Lipinski definition) is 4. The number of carbonyl (C=O) groups excluding carboxylic acids is 1. The molecule has 2 heterocycles. The fourth-order valence-electron chi connectivity index (χ4n) is 3.08. The molecule has 114 valence electrons. The van der Waals surface area contributed by atoms with Gasteiger partial charge >= 0.3 is 12.0 Å². The van der Waals surface area contributed by atoms with Crippen molar-refractivity contribution in [1.82, 2.24) is 15.1 Å². The van der Waals surface area contributed by atoms with Crippen LogP contribution >= 0.6 is 0 Å². The quantitative estimate of drug-likeness (QED) is 0.639. The van der Waals surface area contributed by atoms with Crippen LogP contribution in [0.15, 0.2) is 0 Å². The van der Waals surface area contributed by atoms with Gasteiger partial charge in [0.25, 0.3) is 0 Å². The molecule has 7 nitrogen and oxygen atoms in total. The number of nitrogens with zero attached hydrogens (tertiary/aromatic N) is 2. The first-order valence-electron chi connectivity index (χ1n) is 7.05. The second-order valence-corrected chi connectivity index (χ2v) is 5.98. The number of aliphatic hydroxyl groups is 1. The van der Waals surface area contributed by atoms with E-state index in [4.69, 9.17) is 5.11 Å². The molecule has 0 aromatic carbocycles. The third kappa shape index (κ3) is 3.21. The number of nitrogens with one attached hydrogen (secondary N) is 1. The summed E-state index contributed by atoms with van der Waals surface area (Å²) in [5, 5.41) is 21.6. The Balaban J connectivity index is 1.95. The zero-order chi connectivity index (χ0) is 14.9. The maximum Gasteiger partial charge on any atom is 0.326 e. The predicted molar refractivity (Wildman–Crippen MR) is 72.4 cm³/mol. The van der Waals surface area contributed by atoms with Crippen LogP contribution in [0.3, 0.4) is 0 Å². The van der Waals surface area contributed by atoms with Crippen molar-refractivity contribution in [2.45, 2.75) is 38.0 Å². The molecule has 2 fully saturated rings. The third-order valence-corrected chi connectivity index (χ3v) is 4.24. The number of hydrogen-bond donors (Lipinski definition) is 3. The highest BCUT2D eigenvalue weighted by Crippen LogP contribution is 2.20. The van der Waals surface area contributed by atoms with Gasteiger partial charge in [-0.15, -0.1) is 0 Å². The van der Waals surface area contributed by atoms with Gasteiger partial charge in [-0.05, 0) is 25.9 Å². The van der Waals surface area contributed by atoms with E-state index in [0.717, 1.165) is 19.5 Å². The molecule has 0 aromatic heterocycles. The molecule has 0 saturated carbocycles. The SMILES string of the molecule is CC1CN(C)CCC1NC(=O)N1C[C@@H](O)C[C@H]1C(=O)O. The second kappa shape index (κ2) is 5.97. The Morgan fingerprint density at radius 3 is 2.60 bits per heavy atom. The number of rotatable bonds is 2. The Labute approximate surface area is 118 Å². The lowest BCUT2D eigenvalue weighted by molar-refractivity contribution is -0.141. The number of likely N-dealkylation sites (tertiary alicyclic amines) is 2. The minimum atomic E-state index is -1.06. The number of carboxylic acids is 1. The van der Waals surface area contributed by atoms with Gasteiger partial charge in [0.1, 0.15) is 6.04 Å². The van der Waals surface area contributed by atoms with Crippen LogP contribution in [0.5, 0.6) is 0 Å². The van der Waals surface area contributed by atoms with Gasteiger partial charge in [0, 0.05) is 25.6 Å². The molecule has 2 aliphatic heterocycles. The van der Waals surface area contributed by atoms with E-state index < -0.39 is 18.1 Å². The molecule has 3 N–H and O–H groups in total. The van der Waals surface area contributed by atoms with E-state index in [1.54, 1.807) is 0 Å². The van der Waals surface area contributed by atoms with Gasteiger partial charge in [-0.25, -0.2) is 9.59 Å². The van der Waals surface area contributed by atoms with Crippen LogP contribution < -0.4 is 5.32 Å². The lowest BCUT2D eigenvalue weighted by Crippen LogP contribution is -2.54. The standard InChI is InChI=1S/C13H23N3O4/c1-8-6-15(2)4-3-10(8)14-13(20)16-7-9(17)5-11(16)12(18)19/h8-11,17H,3-7H2,1-2H3,(H,14,20)(H,18,19)/t8?,9-,10?,11-/m0/s1. The number of urea groups is 1. The fraction of sp³-hybridized carbons (Fsp3) is 0.846. The van der Waals surface area contributed by atoms with Crippen molar-refractivity contribution < 1.29 is 19.8 Å². The minimum absolute atomic E-state index is 0.0610. The molecule has 20 heavy (non-hydrogen) atoms. The van der Waals surface area contributed by atoms with Crippen LogP contribution in [0.4, 0.5) is 4.79 Å². The number of carboxylic acid groups (broad SMARTS) is 1. The van der Waals surface area contributed by atoms with Crippen LogP contribution in [-0.2, 0) is 4.79 Å². The molecular weight excluding hydrogens is 262 g/mol. The smallest absolute Gasteiger partial charge is 0.326 e. The molecule has 0 spiro atoms. The molecule has 0 radical (unpaired) electrons. The van der Waals surface area contributed by atoms with E-state index in [-0.39, 0.29) is 25.0 Å². The molecule has 0 aromatic rings. The highest BCUT2D eigenvalue weighted by atomic mass is 16.4. The van der Waals surface area contributed by atoms with Crippen molar-refractivity contribution in [1.29, 1.82) is 0 Å². The first-order valence-corrected chi connectivity index (χ1v) is 7.05. The van der Waals surface area contributed by atoms with Crippen molar-refractivity contribution in [3.05, 3.63) is 0 Å². The fourth-order valence-corrected chi connectivity index (χ4v) is 3.08. The van der Waals surface area contributed by atoms with Crippen molar-refractivity contribution in [2.75, 3.05) is 26.7 Å². The van der Waals surface area contributed by atoms with Crippen LogP contribution in [0.25, 0.3) is 0 Å². The van der Waals surface area contributed by atoms with E-state index in [2.05, 4.69) is 17.1 Å². The van der Waals surface area contributed by atoms with E-state index in [9.17, 15) is 14.7 Å². The summed E-state index contributed by atoms with van der Waals surface area (Å²) in [6, 6.07) is -1.24. The van der Waals surface area contributed by atoms with Gasteiger partial charge in [0.05, 0.1) is 6.10 Å². The van der Waals surface area contributed by atoms with Crippen molar-refractivity contribution in [3.8, 4) is 0 Å². The molecule has 2 saturated heterocycles. The number of β-amino-alcohol motifs (C(OH)–C–C–N with tert-alkyl or cyclic N) is 1. The number of carbonyl (C=O) groups is 2. The molecule has 4 atom stereocenters. The number of amides is 2. The Hall–Kier alpha value is -1.34. The third-order valence-electron chi connectivity index (χ3n) is 4.24. The topological polar surface area (TPSA) is 93.1 Å². The Kier molecular flexibility index (Phi) is 4.49. The average Bonchev–Trinajstić information content (AvgIpc) is 2.75. The van der Waals surface area contributed by atoms with Crippen molar-refractivity contribution in [2.24, 2.45) is 5.92 Å². The summed E-state index contributed by atoms with van der Waals surface area (Å²) in [7, 11) is 2.05. The molecule has 7 heteroatoms. The summed E-state index contributed by atoms with van der Waals surface area (Å²) in [5.74, 6) is -0.735. The van der Waals surface area contributed by atoms with Crippen LogP contribution in [-0.4, -0.2) is 76.9 Å². The van der Waals surface area contributed by atoms with Gasteiger partial charge in [0.15, 0.2) is 0 Å². The van der Waals surface area contributed by atoms with E-state index in [1.807, 2.05) is 7.05 Å². The summed E-state index contributed by atoms with van der Waals surface area (Å²) >= 11 is 0. The van der Waals surface area contributed by atoms with E-state index in [1.165, 1.54) is 4.90 Å². The number of aliphatic hydroxyl groups excluding tert-OH is 1. The molecular formula is C13H23N3O4. The summed E-state index contributed by atoms with van der Waals surface area (Å²) in [5.41, 5.74) is 0. The van der Waals surface area contributed by atoms with Gasteiger partial charge in [0.2, 0.25) is 0 Å². The number of aliphatic carboxylic acids is 1. The average molecular weight is 285 g/mol. The predicted octanol–water partition coefficient (Wildman–Crippen LogP) is -0.444. The Bertz CT molecular complexity index is 390. The Morgan fingerprint density at radius 1 is 1.30 bits per heavy atom. The lowest BCUT2D eigenvalue weighted by atomic mass is 9.94. The monoisotopic (exact) mass is 285 g/mol. The van der Waals surface area contributed by atoms with Crippen LogP contribution in [0.2, 0.25) is 0 Å². The molecule has 0 bridgehead atoms. The maximum absolute atomic E-state index is 12.2. The summed E-state index contributed by atoms with van der Waals surface area (Å²) in [6.45, 7) is 3.99. The Morgan fingerprint density at radius 2 is 2.00 bits per heavy atom. The zero-order valence-electron chi connectivity index (χ0n) is 12.0. The van der Waals surface area contributed by atoms with Gasteiger partial charge in [-0.3, -0.25) is 0 Å². The molecule has 2 unspecified atom stereocenters. The van der Waals surface area contributed by atoms with Crippen molar-refractivity contribution in [3.63, 3.8) is 0 Å². The van der Waals surface area contributed by atoms with E-state index >= 15 is 0 Å². The highest BCUT2D eigenvalue weighted by molar-refractivity contribution is 5.83. The van der Waals surface area contributed by atoms with Gasteiger partial charge < -0.3 is 25.3 Å². The summed E-state index contributed by atoms with van der Waals surface area (Å²) in [4.78, 5) is 26.8. The van der Waals surface area contributed by atoms with Gasteiger partial charge in [-0.2, -0.15) is 0 Å². The van der Waals surface area contributed by atoms with Crippen molar-refractivity contribution >= 4 is 12.0 Å². The lowest BCUT2D eigenvalue weighted by Gasteiger charge is -2.36. The zero-order valence-corrected chi connectivity index (χ0v) is 12.0. The van der Waals surface area contributed by atoms with Crippen LogP contribution in [0.1, 0.15) is 19.8 Å². The molecule has 2 amide bonds. The second-order valence-electron chi connectivity index (χ2n) is 5.98. The normalized spacial score (nSPS) is 35.0. The van der Waals surface area contributed by atoms with Crippen LogP contribution in [0, 0.1) is 5.92 Å². The minimum Gasteiger partial charge on any atom is -0.480 e. The highest BCUT2D eigenvalue weighted by Gasteiger charge is 2.40. The summed E-state index contributed by atoms with van der Waals surface area (Å²) in [6.07, 6.45) is 0.209. The molecule has 2 rings (SSSR count). The first-order chi connectivity index (χ1) is 9.38. The number of piperidine rings is 1. The largest absolute Gasteiger partial charge is 0.480 e. The summed E-state index contributed by atoms with van der Waals surface area (Å²) < 4.78 is 0.